The Morgan fingerprint density at radius 1 is 1.53 bits per heavy atom. The molecule has 94 valence electrons. The summed E-state index contributed by atoms with van der Waals surface area (Å²) in [6.07, 6.45) is 0. The van der Waals surface area contributed by atoms with Crippen molar-refractivity contribution in [2.45, 2.75) is 13.0 Å². The number of benzene rings is 1. The number of hydrogen-bond donors (Lipinski definition) is 1. The number of carbonyl (C=O) groups is 1. The Hall–Kier alpha value is -1.62. The normalized spacial score (nSPS) is 12.0. The number of hydrogen-bond acceptors (Lipinski definition) is 3. The molecule has 1 unspecified atom stereocenters. The van der Waals surface area contributed by atoms with Crippen LogP contribution in [-0.4, -0.2) is 37.0 Å². The van der Waals surface area contributed by atoms with E-state index < -0.39 is 5.82 Å². The third kappa shape index (κ3) is 3.71. The van der Waals surface area contributed by atoms with E-state index in [1.54, 1.807) is 19.2 Å². The predicted octanol–water partition coefficient (Wildman–Crippen LogP) is 1.01. The van der Waals surface area contributed by atoms with Gasteiger partial charge in [-0.25, -0.2) is 4.39 Å². The van der Waals surface area contributed by atoms with Crippen LogP contribution in [0.5, 0.6) is 5.75 Å². The van der Waals surface area contributed by atoms with Crippen LogP contribution in [0.2, 0.25) is 0 Å². The number of likely N-dealkylation sites (N-methyl/N-ethyl adjacent to an activating group) is 1. The first-order valence-corrected chi connectivity index (χ1v) is 5.39. The van der Waals surface area contributed by atoms with Gasteiger partial charge in [0.25, 0.3) is 5.91 Å². The number of para-hydroxylation sites is 1. The van der Waals surface area contributed by atoms with Crippen LogP contribution in [-0.2, 0) is 4.79 Å². The summed E-state index contributed by atoms with van der Waals surface area (Å²) in [5.41, 5.74) is 5.45. The third-order valence-electron chi connectivity index (χ3n) is 2.58. The molecule has 0 bridgehead atoms. The highest BCUT2D eigenvalue weighted by molar-refractivity contribution is 5.77. The van der Waals surface area contributed by atoms with Crippen molar-refractivity contribution in [3.63, 3.8) is 0 Å². The van der Waals surface area contributed by atoms with E-state index in [1.807, 2.05) is 6.92 Å². The number of ether oxygens (including phenoxy) is 1. The molecule has 1 aromatic carbocycles. The maximum Gasteiger partial charge on any atom is 0.260 e. The number of carbonyl (C=O) groups excluding carboxylic acids is 1. The summed E-state index contributed by atoms with van der Waals surface area (Å²) >= 11 is 0. The quantitative estimate of drug-likeness (QED) is 0.835. The Labute approximate surface area is 100 Å². The van der Waals surface area contributed by atoms with Crippen molar-refractivity contribution < 1.29 is 13.9 Å². The molecule has 0 heterocycles. The molecule has 0 aliphatic heterocycles. The van der Waals surface area contributed by atoms with Crippen LogP contribution < -0.4 is 10.5 Å². The third-order valence-corrected chi connectivity index (χ3v) is 2.58. The van der Waals surface area contributed by atoms with Crippen LogP contribution in [0.15, 0.2) is 24.3 Å². The summed E-state index contributed by atoms with van der Waals surface area (Å²) in [5.74, 6) is -0.629. The minimum Gasteiger partial charge on any atom is -0.481 e. The van der Waals surface area contributed by atoms with Gasteiger partial charge in [-0.1, -0.05) is 12.1 Å². The fraction of sp³-hybridized carbons (Fsp3) is 0.417. The van der Waals surface area contributed by atoms with Crippen molar-refractivity contribution in [1.29, 1.82) is 0 Å². The fourth-order valence-corrected chi connectivity index (χ4v) is 1.21. The molecule has 2 N–H and O–H groups in total. The molecular formula is C12H17FN2O2. The number of rotatable bonds is 5. The number of halogens is 1. The first kappa shape index (κ1) is 13.4. The Morgan fingerprint density at radius 2 is 2.18 bits per heavy atom. The highest BCUT2D eigenvalue weighted by Crippen LogP contribution is 2.15. The fourth-order valence-electron chi connectivity index (χ4n) is 1.21. The number of amides is 1. The van der Waals surface area contributed by atoms with Gasteiger partial charge in [0.15, 0.2) is 18.2 Å². The first-order valence-electron chi connectivity index (χ1n) is 5.39. The maximum atomic E-state index is 13.2. The average Bonchev–Trinajstić information content (AvgIpc) is 2.35. The molecule has 0 fully saturated rings. The van der Waals surface area contributed by atoms with Crippen LogP contribution >= 0.6 is 0 Å². The molecule has 0 radical (unpaired) electrons. The van der Waals surface area contributed by atoms with Gasteiger partial charge in [-0.2, -0.15) is 0 Å². The van der Waals surface area contributed by atoms with Gasteiger partial charge < -0.3 is 15.4 Å². The van der Waals surface area contributed by atoms with E-state index >= 15 is 0 Å². The lowest BCUT2D eigenvalue weighted by Gasteiger charge is -2.23. The molecule has 0 saturated carbocycles. The second-order valence-corrected chi connectivity index (χ2v) is 3.81. The van der Waals surface area contributed by atoms with Gasteiger partial charge in [-0.3, -0.25) is 4.79 Å². The largest absolute Gasteiger partial charge is 0.481 e. The lowest BCUT2D eigenvalue weighted by molar-refractivity contribution is -0.133. The molecule has 4 nitrogen and oxygen atoms in total. The zero-order valence-electron chi connectivity index (χ0n) is 10.0. The van der Waals surface area contributed by atoms with Crippen molar-refractivity contribution in [3.05, 3.63) is 30.1 Å². The van der Waals surface area contributed by atoms with Gasteiger partial charge in [-0.15, -0.1) is 0 Å². The van der Waals surface area contributed by atoms with Crippen molar-refractivity contribution in [1.82, 2.24) is 4.90 Å². The van der Waals surface area contributed by atoms with Gasteiger partial charge in [0, 0.05) is 19.6 Å². The molecule has 1 atom stereocenters. The van der Waals surface area contributed by atoms with Crippen molar-refractivity contribution in [2.75, 3.05) is 20.2 Å². The molecule has 17 heavy (non-hydrogen) atoms. The standard InChI is InChI=1S/C12H17FN2O2/c1-9(7-14)15(2)12(16)8-17-11-6-4-3-5-10(11)13/h3-6,9H,7-8,14H2,1-2H3. The lowest BCUT2D eigenvalue weighted by Crippen LogP contribution is -2.42. The van der Waals surface area contributed by atoms with E-state index in [4.69, 9.17) is 10.5 Å². The summed E-state index contributed by atoms with van der Waals surface area (Å²) in [7, 11) is 1.64. The number of nitrogens with zero attached hydrogens (tertiary/aromatic N) is 1. The Morgan fingerprint density at radius 3 is 2.76 bits per heavy atom. The first-order chi connectivity index (χ1) is 8.06. The molecule has 0 aliphatic carbocycles. The zero-order chi connectivity index (χ0) is 12.8. The van der Waals surface area contributed by atoms with E-state index in [9.17, 15) is 9.18 Å². The van der Waals surface area contributed by atoms with Crippen molar-refractivity contribution in [3.8, 4) is 5.75 Å². The molecule has 1 amide bonds. The SMILES string of the molecule is CC(CN)N(C)C(=O)COc1ccccc1F. The van der Waals surface area contributed by atoms with Crippen molar-refractivity contribution >= 4 is 5.91 Å². The van der Waals surface area contributed by atoms with Gasteiger partial charge >= 0.3 is 0 Å². The Kier molecular flexibility index (Phi) is 4.90. The van der Waals surface area contributed by atoms with E-state index in [2.05, 4.69) is 0 Å². The second kappa shape index (κ2) is 6.20. The molecule has 1 aromatic rings. The van der Waals surface area contributed by atoms with Crippen LogP contribution in [0.1, 0.15) is 6.92 Å². The minimum atomic E-state index is -0.477. The van der Waals surface area contributed by atoms with E-state index in [0.717, 1.165) is 0 Å². The monoisotopic (exact) mass is 240 g/mol. The van der Waals surface area contributed by atoms with Gasteiger partial charge in [0.05, 0.1) is 0 Å². The second-order valence-electron chi connectivity index (χ2n) is 3.81. The molecule has 0 aliphatic rings. The van der Waals surface area contributed by atoms with E-state index in [-0.39, 0.29) is 24.3 Å². The van der Waals surface area contributed by atoms with Crippen LogP contribution in [0.3, 0.4) is 0 Å². The van der Waals surface area contributed by atoms with Gasteiger partial charge in [0.1, 0.15) is 0 Å². The zero-order valence-corrected chi connectivity index (χ0v) is 10.0. The van der Waals surface area contributed by atoms with Crippen molar-refractivity contribution in [2.24, 2.45) is 5.73 Å². The van der Waals surface area contributed by atoms with Gasteiger partial charge in [-0.05, 0) is 19.1 Å². The highest BCUT2D eigenvalue weighted by Gasteiger charge is 2.15. The van der Waals surface area contributed by atoms with E-state index in [0.29, 0.717) is 6.54 Å². The smallest absolute Gasteiger partial charge is 0.260 e. The van der Waals surface area contributed by atoms with Crippen LogP contribution in [0.25, 0.3) is 0 Å². The highest BCUT2D eigenvalue weighted by atomic mass is 19.1. The molecule has 0 saturated heterocycles. The molecule has 5 heteroatoms. The predicted molar refractivity (Wildman–Crippen MR) is 63.2 cm³/mol. The summed E-state index contributed by atoms with van der Waals surface area (Å²) < 4.78 is 18.3. The maximum absolute atomic E-state index is 13.2. The molecule has 0 spiro atoms. The summed E-state index contributed by atoms with van der Waals surface area (Å²) in [4.78, 5) is 13.1. The molecule has 0 aromatic heterocycles. The Bertz CT molecular complexity index is 385. The lowest BCUT2D eigenvalue weighted by atomic mass is 10.3. The van der Waals surface area contributed by atoms with Gasteiger partial charge in [0.2, 0.25) is 0 Å². The van der Waals surface area contributed by atoms with Crippen LogP contribution in [0.4, 0.5) is 4.39 Å². The van der Waals surface area contributed by atoms with E-state index in [1.165, 1.54) is 17.0 Å². The summed E-state index contributed by atoms with van der Waals surface area (Å²) in [6.45, 7) is 2.02. The summed E-state index contributed by atoms with van der Waals surface area (Å²) in [5, 5.41) is 0. The topological polar surface area (TPSA) is 55.6 Å². The minimum absolute atomic E-state index is 0.0632. The summed E-state index contributed by atoms with van der Waals surface area (Å²) in [6, 6.07) is 5.91. The average molecular weight is 240 g/mol. The number of nitrogens with two attached hydrogens (primary N) is 1. The molecular weight excluding hydrogens is 223 g/mol. The Balaban J connectivity index is 2.51. The molecule has 1 rings (SSSR count). The van der Waals surface area contributed by atoms with Crippen LogP contribution in [0, 0.1) is 5.82 Å².